The number of alkyl halides is 2. The first-order chi connectivity index (χ1) is 16.2. The second-order valence-corrected chi connectivity index (χ2v) is 9.57. The summed E-state index contributed by atoms with van der Waals surface area (Å²) in [6, 6.07) is 9.63. The van der Waals surface area contributed by atoms with Crippen LogP contribution >= 0.6 is 23.2 Å². The van der Waals surface area contributed by atoms with Gasteiger partial charge in [0.15, 0.2) is 0 Å². The summed E-state index contributed by atoms with van der Waals surface area (Å²) in [5.41, 5.74) is -0.206. The Bertz CT molecular complexity index is 1390. The molecule has 0 aliphatic carbocycles. The number of hydrogen-bond acceptors (Lipinski definition) is 6. The van der Waals surface area contributed by atoms with Crippen LogP contribution in [0.1, 0.15) is 17.9 Å². The number of sulfonamides is 1. The predicted octanol–water partition coefficient (Wildman–Crippen LogP) is 4.13. The molecule has 190 valence electrons. The van der Waals surface area contributed by atoms with Crippen LogP contribution < -0.4 is 20.5 Å². The van der Waals surface area contributed by atoms with Crippen molar-refractivity contribution < 1.29 is 26.7 Å². The largest absolute Gasteiger partial charge is 0.412 e. The van der Waals surface area contributed by atoms with Gasteiger partial charge in [0.2, 0.25) is 10.0 Å². The third-order valence-corrected chi connectivity index (χ3v) is 5.35. The van der Waals surface area contributed by atoms with Crippen molar-refractivity contribution in [2.24, 2.45) is 0 Å². The molecule has 0 aliphatic heterocycles. The van der Waals surface area contributed by atoms with Gasteiger partial charge in [-0.1, -0.05) is 35.3 Å². The number of nitrogens with zero attached hydrogens (tertiary/aromatic N) is 3. The number of carbonyl (C=O) groups is 1. The summed E-state index contributed by atoms with van der Waals surface area (Å²) in [5, 5.41) is 6.00. The quantitative estimate of drug-likeness (QED) is 0.491. The van der Waals surface area contributed by atoms with Crippen molar-refractivity contribution in [1.29, 1.82) is 0 Å². The van der Waals surface area contributed by atoms with Crippen LogP contribution in [-0.2, 0) is 10.0 Å². The Morgan fingerprint density at radius 3 is 2.31 bits per heavy atom. The summed E-state index contributed by atoms with van der Waals surface area (Å²) in [6.07, 6.45) is 0.458. The van der Waals surface area contributed by atoms with E-state index in [1.165, 1.54) is 20.0 Å². The molecule has 0 atom stereocenters. The molecule has 15 heteroatoms. The number of nitrogens with one attached hydrogen (secondary N) is 2. The van der Waals surface area contributed by atoms with Crippen LogP contribution in [0.3, 0.4) is 0 Å². The topological polar surface area (TPSA) is 124 Å². The third-order valence-electron chi connectivity index (χ3n) is 4.14. The van der Waals surface area contributed by atoms with Gasteiger partial charge < -0.3 is 10.1 Å². The highest BCUT2D eigenvalue weighted by Crippen LogP contribution is 2.31. The maximum Gasteiger partial charge on any atom is 0.412 e. The predicted molar refractivity (Wildman–Crippen MR) is 129 cm³/mol. The SMILES string of the molecule is CNC(=O)Oc1cccc(C)c1.Cc1nn(-c2cc(NS(C)(=O)=O)c(Cl)cc2Cl)c(=O)n1C(F)F. The van der Waals surface area contributed by atoms with Gasteiger partial charge >= 0.3 is 18.3 Å². The Balaban J connectivity index is 0.000000303. The highest BCUT2D eigenvalue weighted by molar-refractivity contribution is 7.92. The Hall–Kier alpha value is -3.16. The molecule has 0 unspecified atom stereocenters. The van der Waals surface area contributed by atoms with Crippen molar-refractivity contribution in [3.63, 3.8) is 0 Å². The maximum atomic E-state index is 12.8. The van der Waals surface area contributed by atoms with Crippen molar-refractivity contribution in [2.45, 2.75) is 20.4 Å². The van der Waals surface area contributed by atoms with Crippen LogP contribution in [0.5, 0.6) is 5.75 Å². The van der Waals surface area contributed by atoms with Crippen molar-refractivity contribution >= 4 is 45.0 Å². The van der Waals surface area contributed by atoms with E-state index in [9.17, 15) is 26.8 Å². The molecule has 1 heterocycles. The zero-order valence-electron chi connectivity index (χ0n) is 18.8. The summed E-state index contributed by atoms with van der Waals surface area (Å²) >= 11 is 11.8. The lowest BCUT2D eigenvalue weighted by molar-refractivity contribution is 0.0640. The third kappa shape index (κ3) is 7.67. The maximum absolute atomic E-state index is 12.8. The number of rotatable bonds is 5. The molecule has 1 amide bonds. The van der Waals surface area contributed by atoms with Gasteiger partial charge in [-0.15, -0.1) is 5.10 Å². The van der Waals surface area contributed by atoms with Crippen LogP contribution in [-0.4, -0.2) is 42.2 Å². The number of anilines is 1. The summed E-state index contributed by atoms with van der Waals surface area (Å²) in [6.45, 7) is 0.0937. The second-order valence-electron chi connectivity index (χ2n) is 7.00. The molecule has 0 fully saturated rings. The fourth-order valence-corrected chi connectivity index (χ4v) is 3.81. The van der Waals surface area contributed by atoms with E-state index < -0.39 is 28.4 Å². The van der Waals surface area contributed by atoms with Crippen molar-refractivity contribution in [3.05, 3.63) is 68.3 Å². The first-order valence-corrected chi connectivity index (χ1v) is 12.3. The monoisotopic (exact) mass is 551 g/mol. The highest BCUT2D eigenvalue weighted by atomic mass is 35.5. The highest BCUT2D eigenvalue weighted by Gasteiger charge is 2.21. The average Bonchev–Trinajstić information content (AvgIpc) is 3.03. The molecule has 10 nitrogen and oxygen atoms in total. The summed E-state index contributed by atoms with van der Waals surface area (Å²) in [7, 11) is -2.12. The van der Waals surface area contributed by atoms with Crippen LogP contribution in [0.4, 0.5) is 19.3 Å². The van der Waals surface area contributed by atoms with E-state index in [1.807, 2.05) is 19.1 Å². The lowest BCUT2D eigenvalue weighted by Crippen LogP contribution is -2.25. The standard InChI is InChI=1S/C11H10Cl2F2N4O3S.C9H11NO2/c1-5-16-19(11(20)18(5)10(14)15)9-4-8(17-23(2,21)22)6(12)3-7(9)13;1-7-4-3-5-8(6-7)12-9(11)10-2/h3-4,10,17H,1-2H3;3-6H,1-2H3,(H,10,11). The second kappa shape index (κ2) is 11.5. The van der Waals surface area contributed by atoms with Gasteiger partial charge in [0.05, 0.1) is 27.7 Å². The van der Waals surface area contributed by atoms with Gasteiger partial charge in [0.1, 0.15) is 11.6 Å². The number of aromatic nitrogens is 3. The van der Waals surface area contributed by atoms with Gasteiger partial charge in [-0.3, -0.25) is 4.72 Å². The molecule has 0 saturated heterocycles. The van der Waals surface area contributed by atoms with E-state index in [-0.39, 0.29) is 31.8 Å². The van der Waals surface area contributed by atoms with Crippen molar-refractivity contribution in [3.8, 4) is 11.4 Å². The molecule has 35 heavy (non-hydrogen) atoms. The Labute approximate surface area is 209 Å². The fourth-order valence-electron chi connectivity index (χ4n) is 2.67. The summed E-state index contributed by atoms with van der Waals surface area (Å²) < 4.78 is 56.2. The van der Waals surface area contributed by atoms with E-state index in [4.69, 9.17) is 27.9 Å². The Morgan fingerprint density at radius 2 is 1.80 bits per heavy atom. The number of benzene rings is 2. The van der Waals surface area contributed by atoms with E-state index in [2.05, 4.69) is 15.1 Å². The Kier molecular flexibility index (Phi) is 9.24. The summed E-state index contributed by atoms with van der Waals surface area (Å²) in [5.74, 6) is 0.336. The number of amides is 1. The minimum Gasteiger partial charge on any atom is -0.410 e. The van der Waals surface area contributed by atoms with Crippen LogP contribution in [0.15, 0.2) is 41.2 Å². The van der Waals surface area contributed by atoms with E-state index >= 15 is 0 Å². The lowest BCUT2D eigenvalue weighted by Gasteiger charge is -2.10. The molecule has 0 spiro atoms. The molecule has 0 aliphatic rings. The van der Waals surface area contributed by atoms with Gasteiger partial charge in [-0.2, -0.15) is 13.5 Å². The zero-order chi connectivity index (χ0) is 26.5. The Morgan fingerprint density at radius 1 is 1.14 bits per heavy atom. The molecule has 0 bridgehead atoms. The number of hydrogen-bond donors (Lipinski definition) is 2. The molecule has 2 aromatic carbocycles. The minimum absolute atomic E-state index is 0.0257. The zero-order valence-corrected chi connectivity index (χ0v) is 21.2. The van der Waals surface area contributed by atoms with Gasteiger partial charge in [0.25, 0.3) is 0 Å². The number of aryl methyl sites for hydroxylation is 2. The van der Waals surface area contributed by atoms with E-state index in [0.717, 1.165) is 17.9 Å². The fraction of sp³-hybridized carbons (Fsp3) is 0.250. The number of ether oxygens (including phenoxy) is 1. The summed E-state index contributed by atoms with van der Waals surface area (Å²) in [4.78, 5) is 22.8. The first kappa shape index (κ1) is 28.1. The lowest BCUT2D eigenvalue weighted by atomic mass is 10.2. The van der Waals surface area contributed by atoms with Crippen molar-refractivity contribution in [1.82, 2.24) is 19.7 Å². The molecule has 0 saturated carbocycles. The number of carbonyl (C=O) groups excluding carboxylic acids is 1. The average molecular weight is 552 g/mol. The van der Waals surface area contributed by atoms with Gasteiger partial charge in [-0.25, -0.2) is 22.6 Å². The number of halogens is 4. The molecule has 3 rings (SSSR count). The minimum atomic E-state index is -3.65. The molecule has 1 aromatic heterocycles. The van der Waals surface area contributed by atoms with Crippen molar-refractivity contribution in [2.75, 3.05) is 18.0 Å². The van der Waals surface area contributed by atoms with E-state index in [1.54, 1.807) is 12.1 Å². The van der Waals surface area contributed by atoms with E-state index in [0.29, 0.717) is 10.4 Å². The van der Waals surface area contributed by atoms with Gasteiger partial charge in [0, 0.05) is 7.05 Å². The molecular weight excluding hydrogens is 531 g/mol. The van der Waals surface area contributed by atoms with Crippen LogP contribution in [0.25, 0.3) is 5.69 Å². The molecular formula is C20H21Cl2F2N5O5S. The molecule has 0 radical (unpaired) electrons. The smallest absolute Gasteiger partial charge is 0.410 e. The van der Waals surface area contributed by atoms with Crippen LogP contribution in [0, 0.1) is 13.8 Å². The molecule has 3 aromatic rings. The first-order valence-electron chi connectivity index (χ1n) is 9.63. The normalized spacial score (nSPS) is 11.0. The molecule has 2 N–H and O–H groups in total. The van der Waals surface area contributed by atoms with Crippen LogP contribution in [0.2, 0.25) is 10.0 Å². The van der Waals surface area contributed by atoms with Gasteiger partial charge in [-0.05, 0) is 43.7 Å².